The van der Waals surface area contributed by atoms with E-state index in [0.29, 0.717) is 26.2 Å². The third-order valence-electron chi connectivity index (χ3n) is 5.35. The lowest BCUT2D eigenvalue weighted by molar-refractivity contribution is -0.149. The maximum Gasteiger partial charge on any atom is 0.407 e. The van der Waals surface area contributed by atoms with Gasteiger partial charge in [-0.3, -0.25) is 19.3 Å². The minimum absolute atomic E-state index is 0.0748. The van der Waals surface area contributed by atoms with Crippen LogP contribution in [0.4, 0.5) is 4.79 Å². The van der Waals surface area contributed by atoms with Crippen molar-refractivity contribution in [2.45, 2.75) is 45.8 Å². The van der Waals surface area contributed by atoms with E-state index in [1.807, 2.05) is 42.2 Å². The van der Waals surface area contributed by atoms with Crippen LogP contribution in [0.2, 0.25) is 0 Å². The predicted molar refractivity (Wildman–Crippen MR) is 124 cm³/mol. The Labute approximate surface area is 200 Å². The zero-order valence-electron chi connectivity index (χ0n) is 20.0. The topological polar surface area (TPSA) is 114 Å². The van der Waals surface area contributed by atoms with E-state index in [9.17, 15) is 19.2 Å². The van der Waals surface area contributed by atoms with E-state index in [1.165, 1.54) is 6.92 Å². The monoisotopic (exact) mass is 477 g/mol. The molecule has 1 fully saturated rings. The van der Waals surface area contributed by atoms with E-state index in [-0.39, 0.29) is 50.6 Å². The maximum atomic E-state index is 12.7. The summed E-state index contributed by atoms with van der Waals surface area (Å²) in [6, 6.07) is 8.99. The molecule has 0 aromatic heterocycles. The van der Waals surface area contributed by atoms with Gasteiger partial charge in [-0.1, -0.05) is 43.7 Å². The van der Waals surface area contributed by atoms with Crippen molar-refractivity contribution in [1.29, 1.82) is 0 Å². The fourth-order valence-corrected chi connectivity index (χ4v) is 3.44. The van der Waals surface area contributed by atoms with Gasteiger partial charge in [0.05, 0.1) is 19.2 Å². The van der Waals surface area contributed by atoms with Crippen LogP contribution < -0.4 is 5.32 Å². The normalized spacial score (nSPS) is 15.9. The highest BCUT2D eigenvalue weighted by atomic mass is 16.5. The van der Waals surface area contributed by atoms with Crippen LogP contribution in [0.25, 0.3) is 0 Å². The minimum Gasteiger partial charge on any atom is -0.465 e. The van der Waals surface area contributed by atoms with E-state index >= 15 is 0 Å². The zero-order chi connectivity index (χ0) is 24.8. The highest BCUT2D eigenvalue weighted by molar-refractivity contribution is 5.77. The van der Waals surface area contributed by atoms with Gasteiger partial charge in [-0.15, -0.1) is 0 Å². The molecule has 10 heteroatoms. The fraction of sp³-hybridized carbons (Fsp3) is 0.583. The Morgan fingerprint density at radius 1 is 1.06 bits per heavy atom. The molecule has 0 bridgehead atoms. The molecular formula is C24H35N3O7. The first-order chi connectivity index (χ1) is 16.4. The van der Waals surface area contributed by atoms with E-state index in [2.05, 4.69) is 5.32 Å². The molecule has 1 saturated heterocycles. The van der Waals surface area contributed by atoms with Gasteiger partial charge >= 0.3 is 18.0 Å². The van der Waals surface area contributed by atoms with Crippen molar-refractivity contribution in [2.24, 2.45) is 0 Å². The van der Waals surface area contributed by atoms with Gasteiger partial charge in [-0.25, -0.2) is 4.79 Å². The number of ether oxygens (including phenoxy) is 3. The molecule has 0 radical (unpaired) electrons. The van der Waals surface area contributed by atoms with E-state index in [4.69, 9.17) is 14.2 Å². The molecule has 1 unspecified atom stereocenters. The lowest BCUT2D eigenvalue weighted by atomic mass is 10.1. The summed E-state index contributed by atoms with van der Waals surface area (Å²) in [5.41, 5.74) is 0.875. The van der Waals surface area contributed by atoms with Crippen molar-refractivity contribution in [2.75, 3.05) is 45.9 Å². The Hall–Kier alpha value is -3.14. The second-order valence-electron chi connectivity index (χ2n) is 8.08. The molecule has 0 saturated carbocycles. The Morgan fingerprint density at radius 2 is 1.82 bits per heavy atom. The number of carbonyl (C=O) groups is 4. The van der Waals surface area contributed by atoms with Gasteiger partial charge in [0.1, 0.15) is 13.2 Å². The summed E-state index contributed by atoms with van der Waals surface area (Å²) in [5, 5.41) is 2.58. The van der Waals surface area contributed by atoms with Gasteiger partial charge in [0, 0.05) is 39.5 Å². The minimum atomic E-state index is -0.587. The summed E-state index contributed by atoms with van der Waals surface area (Å²) in [5.74, 6) is -0.896. The van der Waals surface area contributed by atoms with E-state index < -0.39 is 12.1 Å². The standard InChI is InChI=1S/C24H35N3O7/c1-3-4-14-32-23(30)16-26-12-13-27(15-21(26)18-33-19(2)28)22(29)10-11-25-24(31)34-17-20-8-6-5-7-9-20/h5-9,21H,3-4,10-18H2,1-2H3,(H,25,31). The average Bonchev–Trinajstić information content (AvgIpc) is 2.82. The lowest BCUT2D eigenvalue weighted by Crippen LogP contribution is -2.57. The van der Waals surface area contributed by atoms with Crippen LogP contribution in [-0.2, 0) is 35.2 Å². The van der Waals surface area contributed by atoms with Crippen molar-refractivity contribution < 1.29 is 33.4 Å². The molecule has 1 atom stereocenters. The van der Waals surface area contributed by atoms with Gasteiger partial charge in [-0.05, 0) is 12.0 Å². The van der Waals surface area contributed by atoms with Crippen molar-refractivity contribution in [1.82, 2.24) is 15.1 Å². The molecule has 1 aromatic rings. The van der Waals surface area contributed by atoms with Crippen molar-refractivity contribution in [3.63, 3.8) is 0 Å². The predicted octanol–water partition coefficient (Wildman–Crippen LogP) is 1.72. The van der Waals surface area contributed by atoms with Crippen LogP contribution in [0.5, 0.6) is 0 Å². The molecule has 1 N–H and O–H groups in total. The maximum absolute atomic E-state index is 12.7. The van der Waals surface area contributed by atoms with Crippen molar-refractivity contribution >= 4 is 23.9 Å². The molecule has 1 heterocycles. The number of hydrogen-bond acceptors (Lipinski definition) is 8. The summed E-state index contributed by atoms with van der Waals surface area (Å²) < 4.78 is 15.5. The molecule has 10 nitrogen and oxygen atoms in total. The molecule has 0 aliphatic carbocycles. The fourth-order valence-electron chi connectivity index (χ4n) is 3.44. The summed E-state index contributed by atoms with van der Waals surface area (Å²) in [6.45, 7) is 5.35. The molecular weight excluding hydrogens is 442 g/mol. The highest BCUT2D eigenvalue weighted by Gasteiger charge is 2.31. The first kappa shape index (κ1) is 27.1. The van der Waals surface area contributed by atoms with Gasteiger partial charge in [0.15, 0.2) is 0 Å². The van der Waals surface area contributed by atoms with Gasteiger partial charge in [0.2, 0.25) is 5.91 Å². The third kappa shape index (κ3) is 10.2. The summed E-state index contributed by atoms with van der Waals surface area (Å²) in [6.07, 6.45) is 1.26. The Bertz CT molecular complexity index is 803. The third-order valence-corrected chi connectivity index (χ3v) is 5.35. The largest absolute Gasteiger partial charge is 0.465 e. The van der Waals surface area contributed by atoms with Gasteiger partial charge < -0.3 is 24.4 Å². The summed E-state index contributed by atoms with van der Waals surface area (Å²) in [4.78, 5) is 51.5. The van der Waals surface area contributed by atoms with E-state index in [1.54, 1.807) is 4.90 Å². The van der Waals surface area contributed by atoms with Crippen LogP contribution in [0.3, 0.4) is 0 Å². The number of benzene rings is 1. The number of unbranched alkanes of at least 4 members (excludes halogenated alkanes) is 1. The first-order valence-corrected chi connectivity index (χ1v) is 11.6. The number of carbonyl (C=O) groups excluding carboxylic acids is 4. The molecule has 2 amide bonds. The SMILES string of the molecule is CCCCOC(=O)CN1CCN(C(=O)CCNC(=O)OCc2ccccc2)CC1COC(C)=O. The van der Waals surface area contributed by atoms with Crippen LogP contribution in [-0.4, -0.2) is 85.7 Å². The number of alkyl carbamates (subject to hydrolysis) is 1. The molecule has 1 aromatic carbocycles. The van der Waals surface area contributed by atoms with Crippen LogP contribution in [0.1, 0.15) is 38.7 Å². The van der Waals surface area contributed by atoms with Crippen LogP contribution in [0.15, 0.2) is 30.3 Å². The van der Waals surface area contributed by atoms with Gasteiger partial charge in [0.25, 0.3) is 0 Å². The number of nitrogens with one attached hydrogen (secondary N) is 1. The molecule has 1 aliphatic rings. The number of esters is 2. The van der Waals surface area contributed by atoms with Gasteiger partial charge in [-0.2, -0.15) is 0 Å². The quantitative estimate of drug-likeness (QED) is 0.275. The number of nitrogens with zero attached hydrogens (tertiary/aromatic N) is 2. The van der Waals surface area contributed by atoms with Crippen LogP contribution >= 0.6 is 0 Å². The summed E-state index contributed by atoms with van der Waals surface area (Å²) >= 11 is 0. The number of rotatable bonds is 12. The Kier molecular flexibility index (Phi) is 11.9. The van der Waals surface area contributed by atoms with Crippen molar-refractivity contribution in [3.8, 4) is 0 Å². The zero-order valence-corrected chi connectivity index (χ0v) is 20.0. The smallest absolute Gasteiger partial charge is 0.407 e. The second kappa shape index (κ2) is 14.9. The molecule has 188 valence electrons. The Morgan fingerprint density at radius 3 is 2.53 bits per heavy atom. The second-order valence-corrected chi connectivity index (χ2v) is 8.08. The number of piperazine rings is 1. The molecule has 1 aliphatic heterocycles. The lowest BCUT2D eigenvalue weighted by Gasteiger charge is -2.40. The molecule has 0 spiro atoms. The number of hydrogen-bond donors (Lipinski definition) is 1. The van der Waals surface area contributed by atoms with Crippen molar-refractivity contribution in [3.05, 3.63) is 35.9 Å². The van der Waals surface area contributed by atoms with Crippen LogP contribution in [0, 0.1) is 0 Å². The first-order valence-electron chi connectivity index (χ1n) is 11.6. The molecule has 2 rings (SSSR count). The highest BCUT2D eigenvalue weighted by Crippen LogP contribution is 2.12. The van der Waals surface area contributed by atoms with E-state index in [0.717, 1.165) is 18.4 Å². The average molecular weight is 478 g/mol. The summed E-state index contributed by atoms with van der Waals surface area (Å²) in [7, 11) is 0. The number of amides is 2. The molecule has 34 heavy (non-hydrogen) atoms. The Balaban J connectivity index is 1.77.